The topological polar surface area (TPSA) is 60.0 Å². The van der Waals surface area contributed by atoms with Gasteiger partial charge in [-0.1, -0.05) is 23.7 Å². The van der Waals surface area contributed by atoms with Gasteiger partial charge in [-0.25, -0.2) is 0 Å². The zero-order valence-electron chi connectivity index (χ0n) is 11.1. The van der Waals surface area contributed by atoms with Gasteiger partial charge in [0.1, 0.15) is 11.9 Å². The fourth-order valence-electron chi connectivity index (χ4n) is 2.21. The molecule has 4 nitrogen and oxygen atoms in total. The molecule has 1 atom stereocenters. The first-order valence-corrected chi connectivity index (χ1v) is 7.01. The van der Waals surface area contributed by atoms with Gasteiger partial charge in [0.15, 0.2) is 0 Å². The minimum absolute atomic E-state index is 0.0732. The number of hydrogen-bond donors (Lipinski definition) is 0. The number of ether oxygens (including phenoxy) is 1. The first-order chi connectivity index (χ1) is 9.72. The zero-order chi connectivity index (χ0) is 14.4. The van der Waals surface area contributed by atoms with Gasteiger partial charge in [-0.05, 0) is 18.6 Å². The van der Waals surface area contributed by atoms with E-state index < -0.39 is 0 Å². The van der Waals surface area contributed by atoms with Crippen molar-refractivity contribution in [3.05, 3.63) is 29.3 Å². The molecule has 2 rings (SSSR count). The van der Waals surface area contributed by atoms with Crippen LogP contribution in [0, 0.1) is 28.6 Å². The molecule has 0 aromatic heterocycles. The quantitative estimate of drug-likeness (QED) is 0.808. The molecular formula is C15H16ClN3O. The largest absolute Gasteiger partial charge is 0.486 e. The Balaban J connectivity index is 1.74. The minimum Gasteiger partial charge on any atom is -0.486 e. The Morgan fingerprint density at radius 3 is 2.75 bits per heavy atom. The van der Waals surface area contributed by atoms with E-state index in [1.807, 2.05) is 18.2 Å². The van der Waals surface area contributed by atoms with E-state index in [9.17, 15) is 0 Å². The Bertz CT molecular complexity index is 529. The molecule has 0 radical (unpaired) electrons. The summed E-state index contributed by atoms with van der Waals surface area (Å²) in [6.45, 7) is 2.31. The van der Waals surface area contributed by atoms with Crippen LogP contribution in [-0.2, 0) is 0 Å². The van der Waals surface area contributed by atoms with E-state index in [1.54, 1.807) is 6.07 Å². The molecule has 0 amide bonds. The summed E-state index contributed by atoms with van der Waals surface area (Å²) in [5.74, 6) is 0.635. The molecular weight excluding hydrogens is 274 g/mol. The zero-order valence-corrected chi connectivity index (χ0v) is 11.9. The molecule has 5 heteroatoms. The Hall–Kier alpha value is -1.75. The molecule has 0 N–H and O–H groups in total. The number of hydrogen-bond acceptors (Lipinski definition) is 4. The van der Waals surface area contributed by atoms with Gasteiger partial charge in [-0.2, -0.15) is 10.5 Å². The number of benzene rings is 1. The van der Waals surface area contributed by atoms with Crippen LogP contribution in [0.2, 0.25) is 5.02 Å². The van der Waals surface area contributed by atoms with Crippen molar-refractivity contribution in [1.29, 1.82) is 10.5 Å². The van der Waals surface area contributed by atoms with E-state index in [4.69, 9.17) is 26.9 Å². The summed E-state index contributed by atoms with van der Waals surface area (Å²) < 4.78 is 5.80. The van der Waals surface area contributed by atoms with E-state index >= 15 is 0 Å². The molecule has 1 aromatic carbocycles. The van der Waals surface area contributed by atoms with Crippen LogP contribution in [0.25, 0.3) is 0 Å². The highest BCUT2D eigenvalue weighted by molar-refractivity contribution is 6.32. The summed E-state index contributed by atoms with van der Waals surface area (Å²) in [5, 5.41) is 18.2. The first-order valence-electron chi connectivity index (χ1n) is 6.63. The van der Waals surface area contributed by atoms with Crippen LogP contribution in [0.15, 0.2) is 24.3 Å². The normalized spacial score (nSPS) is 16.8. The third-order valence-electron chi connectivity index (χ3n) is 3.32. The van der Waals surface area contributed by atoms with Gasteiger partial charge in [-0.3, -0.25) is 4.90 Å². The molecule has 1 fully saturated rings. The van der Waals surface area contributed by atoms with Gasteiger partial charge in [0.05, 0.1) is 23.1 Å². The third kappa shape index (κ3) is 3.87. The lowest BCUT2D eigenvalue weighted by Crippen LogP contribution is -2.54. The van der Waals surface area contributed by atoms with Crippen molar-refractivity contribution in [2.75, 3.05) is 19.6 Å². The SMILES string of the molecule is N#CCCC(C#N)CN1CC(Oc2ccccc2Cl)C1. The molecule has 1 heterocycles. The fourth-order valence-corrected chi connectivity index (χ4v) is 2.39. The number of rotatable bonds is 6. The first kappa shape index (κ1) is 14.7. The summed E-state index contributed by atoms with van der Waals surface area (Å²) in [6, 6.07) is 11.8. The van der Waals surface area contributed by atoms with Gasteiger partial charge in [-0.15, -0.1) is 0 Å². The lowest BCUT2D eigenvalue weighted by Gasteiger charge is -2.39. The highest BCUT2D eigenvalue weighted by Gasteiger charge is 2.30. The van der Waals surface area contributed by atoms with Gasteiger partial charge < -0.3 is 4.74 Å². The molecule has 20 heavy (non-hydrogen) atoms. The van der Waals surface area contributed by atoms with Crippen molar-refractivity contribution in [1.82, 2.24) is 4.90 Å². The second kappa shape index (κ2) is 7.14. The number of para-hydroxylation sites is 1. The summed E-state index contributed by atoms with van der Waals surface area (Å²) in [4.78, 5) is 2.17. The van der Waals surface area contributed by atoms with Crippen molar-refractivity contribution in [3.63, 3.8) is 0 Å². The Kier molecular flexibility index (Phi) is 5.24. The Labute approximate surface area is 124 Å². The van der Waals surface area contributed by atoms with Crippen LogP contribution in [0.5, 0.6) is 5.75 Å². The maximum absolute atomic E-state index is 9.02. The average Bonchev–Trinajstić information content (AvgIpc) is 2.42. The predicted molar refractivity (Wildman–Crippen MR) is 76.3 cm³/mol. The molecule has 0 aliphatic carbocycles. The van der Waals surface area contributed by atoms with E-state index in [0.717, 1.165) is 13.1 Å². The van der Waals surface area contributed by atoms with Crippen LogP contribution in [0.3, 0.4) is 0 Å². The lowest BCUT2D eigenvalue weighted by atomic mass is 10.0. The van der Waals surface area contributed by atoms with E-state index in [-0.39, 0.29) is 12.0 Å². The van der Waals surface area contributed by atoms with Crippen LogP contribution >= 0.6 is 11.6 Å². The van der Waals surface area contributed by atoms with Crippen molar-refractivity contribution in [2.24, 2.45) is 5.92 Å². The van der Waals surface area contributed by atoms with E-state index in [1.165, 1.54) is 0 Å². The van der Waals surface area contributed by atoms with Crippen molar-refractivity contribution in [2.45, 2.75) is 18.9 Å². The minimum atomic E-state index is -0.0732. The summed E-state index contributed by atoms with van der Waals surface area (Å²) in [6.07, 6.45) is 1.20. The Morgan fingerprint density at radius 2 is 2.10 bits per heavy atom. The molecule has 104 valence electrons. The lowest BCUT2D eigenvalue weighted by molar-refractivity contribution is 0.0140. The molecule has 1 aromatic rings. The highest BCUT2D eigenvalue weighted by Crippen LogP contribution is 2.26. The van der Waals surface area contributed by atoms with Crippen molar-refractivity contribution in [3.8, 4) is 17.9 Å². The van der Waals surface area contributed by atoms with Gasteiger partial charge in [0.2, 0.25) is 0 Å². The molecule has 0 spiro atoms. The number of nitrogens with zero attached hydrogens (tertiary/aromatic N) is 3. The van der Waals surface area contributed by atoms with Crippen LogP contribution in [0.4, 0.5) is 0 Å². The molecule has 1 aliphatic heterocycles. The van der Waals surface area contributed by atoms with Crippen LogP contribution in [0.1, 0.15) is 12.8 Å². The number of halogens is 1. The standard InChI is InChI=1S/C15H16ClN3O/c16-14-5-1-2-6-15(14)20-13-10-19(11-13)9-12(8-18)4-3-7-17/h1-2,5-6,12-13H,3-4,9-11H2. The van der Waals surface area contributed by atoms with E-state index in [0.29, 0.717) is 30.2 Å². The molecule has 1 aliphatic rings. The molecule has 1 saturated heterocycles. The van der Waals surface area contributed by atoms with Crippen molar-refractivity contribution < 1.29 is 4.74 Å². The summed E-state index contributed by atoms with van der Waals surface area (Å²) >= 11 is 6.04. The second-order valence-corrected chi connectivity index (χ2v) is 5.32. The van der Waals surface area contributed by atoms with Gasteiger partial charge >= 0.3 is 0 Å². The fraction of sp³-hybridized carbons (Fsp3) is 0.467. The number of nitriles is 2. The third-order valence-corrected chi connectivity index (χ3v) is 3.63. The molecule has 0 bridgehead atoms. The monoisotopic (exact) mass is 289 g/mol. The summed E-state index contributed by atoms with van der Waals surface area (Å²) in [5.41, 5.74) is 0. The number of likely N-dealkylation sites (tertiary alicyclic amines) is 1. The predicted octanol–water partition coefficient (Wildman–Crippen LogP) is 2.85. The second-order valence-electron chi connectivity index (χ2n) is 4.91. The van der Waals surface area contributed by atoms with Crippen molar-refractivity contribution >= 4 is 11.6 Å². The average molecular weight is 290 g/mol. The Morgan fingerprint density at radius 1 is 1.35 bits per heavy atom. The smallest absolute Gasteiger partial charge is 0.138 e. The van der Waals surface area contributed by atoms with Gasteiger partial charge in [0, 0.05) is 26.1 Å². The van der Waals surface area contributed by atoms with Crippen LogP contribution in [-0.4, -0.2) is 30.6 Å². The molecule has 1 unspecified atom stereocenters. The maximum Gasteiger partial charge on any atom is 0.138 e. The van der Waals surface area contributed by atoms with E-state index in [2.05, 4.69) is 17.0 Å². The molecule has 0 saturated carbocycles. The van der Waals surface area contributed by atoms with Crippen LogP contribution < -0.4 is 4.74 Å². The maximum atomic E-state index is 9.02. The highest BCUT2D eigenvalue weighted by atomic mass is 35.5. The van der Waals surface area contributed by atoms with Gasteiger partial charge in [0.25, 0.3) is 0 Å². The summed E-state index contributed by atoms with van der Waals surface area (Å²) in [7, 11) is 0.